The van der Waals surface area contributed by atoms with E-state index in [1.807, 2.05) is 0 Å². The summed E-state index contributed by atoms with van der Waals surface area (Å²) in [5.41, 5.74) is 1.41. The first kappa shape index (κ1) is 15.0. The molecule has 2 fully saturated rings. The predicted octanol–water partition coefficient (Wildman–Crippen LogP) is 3.80. The number of rotatable bonds is 5. The predicted molar refractivity (Wildman–Crippen MR) is 84.1 cm³/mol. The van der Waals surface area contributed by atoms with E-state index >= 15 is 0 Å². The molecule has 0 radical (unpaired) electrons. The summed E-state index contributed by atoms with van der Waals surface area (Å²) in [5, 5.41) is 3.87. The molecule has 1 atom stereocenters. The van der Waals surface area contributed by atoms with Crippen LogP contribution < -0.4 is 5.32 Å². The van der Waals surface area contributed by atoms with Gasteiger partial charge in [-0.05, 0) is 24.8 Å². The van der Waals surface area contributed by atoms with Gasteiger partial charge in [0, 0.05) is 24.9 Å². The van der Waals surface area contributed by atoms with Gasteiger partial charge in [-0.15, -0.1) is 0 Å². The molecule has 3 heteroatoms. The normalized spacial score (nSPS) is 23.5. The molecule has 1 saturated carbocycles. The lowest BCUT2D eigenvalue weighted by atomic mass is 9.88. The first-order valence-corrected chi connectivity index (χ1v) is 8.40. The Morgan fingerprint density at radius 3 is 2.43 bits per heavy atom. The molecule has 1 aliphatic carbocycles. The summed E-state index contributed by atoms with van der Waals surface area (Å²) in [6.45, 7) is 3.79. The van der Waals surface area contributed by atoms with Crippen LogP contribution in [0.15, 0.2) is 30.3 Å². The van der Waals surface area contributed by atoms with Crippen molar-refractivity contribution in [2.45, 2.75) is 63.3 Å². The quantitative estimate of drug-likeness (QED) is 0.894. The molecule has 1 N–H and O–H groups in total. The molecule has 0 amide bonds. The molecule has 21 heavy (non-hydrogen) atoms. The fraction of sp³-hybridized carbons (Fsp3) is 0.667. The highest BCUT2D eigenvalue weighted by molar-refractivity contribution is 5.19. The number of benzene rings is 1. The lowest BCUT2D eigenvalue weighted by Crippen LogP contribution is -2.43. The van der Waals surface area contributed by atoms with Gasteiger partial charge in [-0.2, -0.15) is 0 Å². The molecule has 2 aliphatic rings. The van der Waals surface area contributed by atoms with Gasteiger partial charge >= 0.3 is 0 Å². The maximum atomic E-state index is 5.82. The van der Waals surface area contributed by atoms with Crippen molar-refractivity contribution in [3.63, 3.8) is 0 Å². The van der Waals surface area contributed by atoms with Gasteiger partial charge in [-0.25, -0.2) is 0 Å². The van der Waals surface area contributed by atoms with Gasteiger partial charge in [0.05, 0.1) is 13.2 Å². The second-order valence-electron chi connectivity index (χ2n) is 6.30. The van der Waals surface area contributed by atoms with E-state index in [4.69, 9.17) is 9.47 Å². The largest absolute Gasteiger partial charge is 0.348 e. The molecule has 3 rings (SSSR count). The van der Waals surface area contributed by atoms with Gasteiger partial charge < -0.3 is 14.8 Å². The van der Waals surface area contributed by atoms with Crippen LogP contribution in [0.3, 0.4) is 0 Å². The van der Waals surface area contributed by atoms with Crippen LogP contribution in [0.5, 0.6) is 0 Å². The summed E-state index contributed by atoms with van der Waals surface area (Å²) in [6.07, 6.45) is 6.74. The van der Waals surface area contributed by atoms with Gasteiger partial charge in [-0.3, -0.25) is 0 Å². The van der Waals surface area contributed by atoms with E-state index < -0.39 is 0 Å². The summed E-state index contributed by atoms with van der Waals surface area (Å²) in [6, 6.07) is 11.9. The molecule has 1 heterocycles. The van der Waals surface area contributed by atoms with Crippen molar-refractivity contribution in [3.8, 4) is 0 Å². The third kappa shape index (κ3) is 3.65. The number of hydrogen-bond acceptors (Lipinski definition) is 3. The van der Waals surface area contributed by atoms with Crippen LogP contribution in [-0.4, -0.2) is 25.0 Å². The summed E-state index contributed by atoms with van der Waals surface area (Å²) < 4.78 is 11.6. The van der Waals surface area contributed by atoms with E-state index in [0.29, 0.717) is 12.1 Å². The maximum absolute atomic E-state index is 5.82. The van der Waals surface area contributed by atoms with Crippen LogP contribution >= 0.6 is 0 Å². The van der Waals surface area contributed by atoms with Gasteiger partial charge in [0.2, 0.25) is 0 Å². The second kappa shape index (κ2) is 6.91. The van der Waals surface area contributed by atoms with E-state index in [2.05, 4.69) is 42.6 Å². The van der Waals surface area contributed by atoms with E-state index in [0.717, 1.165) is 38.9 Å². The number of hydrogen-bond donors (Lipinski definition) is 1. The Morgan fingerprint density at radius 2 is 1.81 bits per heavy atom. The number of ether oxygens (including phenoxy) is 2. The minimum atomic E-state index is -0.245. The van der Waals surface area contributed by atoms with Crippen LogP contribution in [0, 0.1) is 0 Å². The third-order valence-corrected chi connectivity index (χ3v) is 4.78. The molecule has 1 aromatic rings. The highest BCUT2D eigenvalue weighted by Gasteiger charge is 2.40. The van der Waals surface area contributed by atoms with E-state index in [9.17, 15) is 0 Å². The SMILES string of the molecule is CCCC(NC1CCC2(CC1)OCCO2)c1ccccc1. The lowest BCUT2D eigenvalue weighted by Gasteiger charge is -2.37. The van der Waals surface area contributed by atoms with Gasteiger partial charge in [0.25, 0.3) is 0 Å². The minimum absolute atomic E-state index is 0.245. The summed E-state index contributed by atoms with van der Waals surface area (Å²) >= 11 is 0. The fourth-order valence-corrected chi connectivity index (χ4v) is 3.61. The molecule has 1 spiro atoms. The van der Waals surface area contributed by atoms with Crippen molar-refractivity contribution in [1.29, 1.82) is 0 Å². The Kier molecular flexibility index (Phi) is 4.94. The van der Waals surface area contributed by atoms with E-state index in [1.165, 1.54) is 18.4 Å². The monoisotopic (exact) mass is 289 g/mol. The number of nitrogens with one attached hydrogen (secondary N) is 1. The van der Waals surface area contributed by atoms with Crippen molar-refractivity contribution < 1.29 is 9.47 Å². The van der Waals surface area contributed by atoms with Gasteiger partial charge in [0.15, 0.2) is 5.79 Å². The third-order valence-electron chi connectivity index (χ3n) is 4.78. The Morgan fingerprint density at radius 1 is 1.14 bits per heavy atom. The van der Waals surface area contributed by atoms with Crippen molar-refractivity contribution in [2.75, 3.05) is 13.2 Å². The molecule has 1 aromatic carbocycles. The molecular weight excluding hydrogens is 262 g/mol. The molecule has 3 nitrogen and oxygen atoms in total. The summed E-state index contributed by atoms with van der Waals surface area (Å²) in [7, 11) is 0. The Labute approximate surface area is 128 Å². The Balaban J connectivity index is 1.57. The summed E-state index contributed by atoms with van der Waals surface area (Å²) in [4.78, 5) is 0. The van der Waals surface area contributed by atoms with Crippen molar-refractivity contribution in [3.05, 3.63) is 35.9 Å². The zero-order valence-electron chi connectivity index (χ0n) is 13.0. The highest BCUT2D eigenvalue weighted by atomic mass is 16.7. The average Bonchev–Trinajstić information content (AvgIpc) is 2.98. The average molecular weight is 289 g/mol. The van der Waals surface area contributed by atoms with Gasteiger partial charge in [0.1, 0.15) is 0 Å². The van der Waals surface area contributed by atoms with E-state index in [-0.39, 0.29) is 5.79 Å². The van der Waals surface area contributed by atoms with Crippen LogP contribution in [0.2, 0.25) is 0 Å². The summed E-state index contributed by atoms with van der Waals surface area (Å²) in [5.74, 6) is -0.245. The van der Waals surface area contributed by atoms with Crippen LogP contribution in [0.4, 0.5) is 0 Å². The van der Waals surface area contributed by atoms with Crippen molar-refractivity contribution >= 4 is 0 Å². The lowest BCUT2D eigenvalue weighted by molar-refractivity contribution is -0.179. The Bertz CT molecular complexity index is 418. The molecule has 1 aliphatic heterocycles. The molecular formula is C18H27NO2. The zero-order chi connectivity index (χ0) is 14.5. The fourth-order valence-electron chi connectivity index (χ4n) is 3.61. The second-order valence-corrected chi connectivity index (χ2v) is 6.30. The topological polar surface area (TPSA) is 30.5 Å². The van der Waals surface area contributed by atoms with Crippen LogP contribution in [0.25, 0.3) is 0 Å². The Hall–Kier alpha value is -0.900. The van der Waals surface area contributed by atoms with Crippen LogP contribution in [0.1, 0.15) is 57.1 Å². The molecule has 116 valence electrons. The van der Waals surface area contributed by atoms with E-state index in [1.54, 1.807) is 0 Å². The minimum Gasteiger partial charge on any atom is -0.348 e. The molecule has 1 unspecified atom stereocenters. The molecule has 1 saturated heterocycles. The van der Waals surface area contributed by atoms with Crippen molar-refractivity contribution in [2.24, 2.45) is 0 Å². The standard InChI is InChI=1S/C18H27NO2/c1-2-6-17(15-7-4-3-5-8-15)19-16-9-11-18(12-10-16)20-13-14-21-18/h3-5,7-8,16-17,19H,2,6,9-14H2,1H3. The molecule has 0 bridgehead atoms. The smallest absolute Gasteiger partial charge is 0.168 e. The van der Waals surface area contributed by atoms with Crippen molar-refractivity contribution in [1.82, 2.24) is 5.32 Å². The van der Waals surface area contributed by atoms with Crippen LogP contribution in [-0.2, 0) is 9.47 Å². The molecule has 0 aromatic heterocycles. The van der Waals surface area contributed by atoms with Gasteiger partial charge in [-0.1, -0.05) is 43.7 Å². The first-order chi connectivity index (χ1) is 10.3. The zero-order valence-corrected chi connectivity index (χ0v) is 13.0. The highest BCUT2D eigenvalue weighted by Crippen LogP contribution is 2.36. The first-order valence-electron chi connectivity index (χ1n) is 8.40. The maximum Gasteiger partial charge on any atom is 0.168 e.